The van der Waals surface area contributed by atoms with Crippen molar-refractivity contribution < 1.29 is 23.9 Å². The summed E-state index contributed by atoms with van der Waals surface area (Å²) in [6.45, 7) is 8.86. The fourth-order valence-corrected chi connectivity index (χ4v) is 3.70. The van der Waals surface area contributed by atoms with Gasteiger partial charge in [0.15, 0.2) is 0 Å². The Kier molecular flexibility index (Phi) is 9.83. The number of alkyl carbamates (subject to hydrolysis) is 1. The maximum atomic E-state index is 13.6. The quantitative estimate of drug-likeness (QED) is 0.356. The topological polar surface area (TPSA) is 131 Å². The molecule has 0 fully saturated rings. The van der Waals surface area contributed by atoms with Gasteiger partial charge in [0.1, 0.15) is 17.7 Å². The van der Waals surface area contributed by atoms with Gasteiger partial charge in [-0.3, -0.25) is 19.3 Å². The highest BCUT2D eigenvalue weighted by molar-refractivity contribution is 5.95. The lowest BCUT2D eigenvalue weighted by Gasteiger charge is -2.31. The van der Waals surface area contributed by atoms with Gasteiger partial charge < -0.3 is 21.1 Å². The van der Waals surface area contributed by atoms with Crippen molar-refractivity contribution in [3.05, 3.63) is 70.8 Å². The molecule has 0 aliphatic rings. The van der Waals surface area contributed by atoms with Crippen molar-refractivity contribution in [2.75, 3.05) is 0 Å². The Bertz CT molecular complexity index is 1180. The number of nitrogens with one attached hydrogen (secondary N) is 2. The van der Waals surface area contributed by atoms with Crippen LogP contribution >= 0.6 is 0 Å². The molecule has 9 nitrogen and oxygen atoms in total. The van der Waals surface area contributed by atoms with E-state index in [4.69, 9.17) is 16.9 Å². The number of rotatable bonds is 9. The number of nitrogens with zero attached hydrogens (tertiary/aromatic N) is 1. The van der Waals surface area contributed by atoms with Crippen LogP contribution in [-0.2, 0) is 25.7 Å². The number of aryl methyl sites for hydroxylation is 2. The summed E-state index contributed by atoms with van der Waals surface area (Å²) < 4.78 is 5.22. The van der Waals surface area contributed by atoms with E-state index in [0.29, 0.717) is 5.56 Å². The van der Waals surface area contributed by atoms with Crippen molar-refractivity contribution in [2.24, 2.45) is 5.73 Å². The molecule has 2 atom stereocenters. The average molecular weight is 507 g/mol. The summed E-state index contributed by atoms with van der Waals surface area (Å²) in [6.07, 6.45) is 4.28. The number of hydrogen-bond acceptors (Lipinski definition) is 5. The number of hydrogen-bond donors (Lipinski definition) is 3. The third-order valence-electron chi connectivity index (χ3n) is 5.31. The monoisotopic (exact) mass is 506 g/mol. The zero-order valence-electron chi connectivity index (χ0n) is 21.8. The first-order chi connectivity index (χ1) is 17.3. The highest BCUT2D eigenvalue weighted by Gasteiger charge is 2.37. The predicted octanol–water partition coefficient (Wildman–Crippen LogP) is 2.85. The summed E-state index contributed by atoms with van der Waals surface area (Å²) in [7, 11) is 0. The first-order valence-corrected chi connectivity index (χ1v) is 11.8. The summed E-state index contributed by atoms with van der Waals surface area (Å²) >= 11 is 0. The van der Waals surface area contributed by atoms with Crippen LogP contribution in [0.2, 0.25) is 0 Å². The fraction of sp³-hybridized carbons (Fsp3) is 0.357. The van der Waals surface area contributed by atoms with E-state index in [1.54, 1.807) is 39.8 Å². The van der Waals surface area contributed by atoms with E-state index in [2.05, 4.69) is 16.7 Å². The molecular formula is C28H34N4O5. The zero-order chi connectivity index (χ0) is 27.8. The van der Waals surface area contributed by atoms with E-state index < -0.39 is 47.9 Å². The molecule has 0 spiro atoms. The number of nitrogens with two attached hydrogens (primary N) is 1. The Morgan fingerprint density at radius 1 is 1.08 bits per heavy atom. The third-order valence-corrected chi connectivity index (χ3v) is 5.31. The highest BCUT2D eigenvalue weighted by atomic mass is 16.6. The third kappa shape index (κ3) is 8.69. The van der Waals surface area contributed by atoms with Crippen LogP contribution in [0.15, 0.2) is 48.5 Å². The van der Waals surface area contributed by atoms with Crippen LogP contribution in [0.3, 0.4) is 0 Å². The van der Waals surface area contributed by atoms with Crippen molar-refractivity contribution in [3.8, 4) is 12.5 Å². The first kappa shape index (κ1) is 28.9. The van der Waals surface area contributed by atoms with Gasteiger partial charge in [-0.1, -0.05) is 60.5 Å². The van der Waals surface area contributed by atoms with Crippen LogP contribution in [-0.4, -0.2) is 40.4 Å². The minimum absolute atomic E-state index is 0.203. The number of carbonyl (C=O) groups is 4. The maximum absolute atomic E-state index is 13.6. The highest BCUT2D eigenvalue weighted by Crippen LogP contribution is 2.26. The van der Waals surface area contributed by atoms with E-state index >= 15 is 0 Å². The number of terminal acetylenes is 1. The smallest absolute Gasteiger partial charge is 0.408 e. The fourth-order valence-electron chi connectivity index (χ4n) is 3.70. The number of amides is 4. The van der Waals surface area contributed by atoms with Gasteiger partial charge in [0.05, 0.1) is 6.42 Å². The molecular weight excluding hydrogens is 472 g/mol. The Morgan fingerprint density at radius 3 is 2.27 bits per heavy atom. The molecule has 196 valence electrons. The van der Waals surface area contributed by atoms with E-state index in [0.717, 1.165) is 21.6 Å². The molecule has 37 heavy (non-hydrogen) atoms. The van der Waals surface area contributed by atoms with Gasteiger partial charge in [-0.15, -0.1) is 0 Å². The van der Waals surface area contributed by atoms with Crippen LogP contribution in [0.1, 0.15) is 55.5 Å². The van der Waals surface area contributed by atoms with Gasteiger partial charge >= 0.3 is 6.09 Å². The van der Waals surface area contributed by atoms with Gasteiger partial charge in [0.25, 0.3) is 5.91 Å². The Morgan fingerprint density at radius 2 is 1.73 bits per heavy atom. The molecule has 4 N–H and O–H groups in total. The molecule has 0 heterocycles. The van der Waals surface area contributed by atoms with Crippen LogP contribution in [0.25, 0.3) is 0 Å². The van der Waals surface area contributed by atoms with Crippen molar-refractivity contribution in [3.63, 3.8) is 0 Å². The molecule has 0 saturated carbocycles. The number of carbonyl (C=O) groups excluding carboxylic acids is 4. The summed E-state index contributed by atoms with van der Waals surface area (Å²) in [5, 5.41) is 5.19. The number of primary amides is 1. The molecule has 4 amide bonds. The van der Waals surface area contributed by atoms with Crippen LogP contribution in [0, 0.1) is 26.3 Å². The molecule has 9 heteroatoms. The van der Waals surface area contributed by atoms with Gasteiger partial charge in [0.2, 0.25) is 11.8 Å². The van der Waals surface area contributed by atoms with E-state index in [1.807, 2.05) is 43.3 Å². The van der Waals surface area contributed by atoms with Crippen molar-refractivity contribution >= 4 is 23.8 Å². The molecule has 0 radical (unpaired) electrons. The molecule has 0 aromatic heterocycles. The minimum Gasteiger partial charge on any atom is -0.444 e. The van der Waals surface area contributed by atoms with Crippen molar-refractivity contribution in [1.29, 1.82) is 0 Å². The lowest BCUT2D eigenvalue weighted by atomic mass is 9.96. The lowest BCUT2D eigenvalue weighted by Crippen LogP contribution is -2.52. The Labute approximate surface area is 217 Å². The molecule has 0 aliphatic heterocycles. The zero-order valence-corrected chi connectivity index (χ0v) is 21.8. The molecule has 2 aromatic rings. The Hall–Kier alpha value is -4.32. The molecule has 2 unspecified atom stereocenters. The standard InChI is InChI=1S/C28H34N4O5/c1-7-32(26(35)22(16-23(29)33)31-27(36)37-28(4,5)6)24(21-14-13-18(2)15-19(21)3)25(34)30-17-20-11-9-8-10-12-20/h1,8-15,22,24H,16-17H2,2-6H3,(H2,29,33)(H,30,34)(H,31,36). The van der Waals surface area contributed by atoms with E-state index in [9.17, 15) is 19.2 Å². The SMILES string of the molecule is C#CN(C(=O)C(CC(N)=O)NC(=O)OC(C)(C)C)C(C(=O)NCc1ccccc1)c1ccc(C)cc1C. The minimum atomic E-state index is -1.45. The molecule has 0 aliphatic carbocycles. The van der Waals surface area contributed by atoms with Crippen molar-refractivity contribution in [2.45, 2.75) is 65.3 Å². The summed E-state index contributed by atoms with van der Waals surface area (Å²) in [4.78, 5) is 52.1. The Balaban J connectivity index is 2.44. The van der Waals surface area contributed by atoms with Crippen molar-refractivity contribution in [1.82, 2.24) is 15.5 Å². The van der Waals surface area contributed by atoms with Gasteiger partial charge in [-0.25, -0.2) is 4.79 Å². The van der Waals surface area contributed by atoms with E-state index in [1.165, 1.54) is 0 Å². The summed E-state index contributed by atoms with van der Waals surface area (Å²) in [6, 6.07) is 14.2. The first-order valence-electron chi connectivity index (χ1n) is 11.8. The molecule has 2 rings (SSSR count). The van der Waals surface area contributed by atoms with Crippen LogP contribution < -0.4 is 16.4 Å². The predicted molar refractivity (Wildman–Crippen MR) is 140 cm³/mol. The van der Waals surface area contributed by atoms with Crippen LogP contribution in [0.5, 0.6) is 0 Å². The number of benzene rings is 2. The normalized spacial score (nSPS) is 12.4. The van der Waals surface area contributed by atoms with E-state index in [-0.39, 0.29) is 6.54 Å². The number of ether oxygens (including phenoxy) is 1. The average Bonchev–Trinajstić information content (AvgIpc) is 2.80. The molecule has 0 bridgehead atoms. The summed E-state index contributed by atoms with van der Waals surface area (Å²) in [5.41, 5.74) is 7.54. The van der Waals surface area contributed by atoms with Gasteiger partial charge in [0, 0.05) is 12.6 Å². The summed E-state index contributed by atoms with van der Waals surface area (Å²) in [5.74, 6) is -2.23. The molecule has 0 saturated heterocycles. The second kappa shape index (κ2) is 12.6. The van der Waals surface area contributed by atoms with Crippen LogP contribution in [0.4, 0.5) is 4.79 Å². The largest absolute Gasteiger partial charge is 0.444 e. The van der Waals surface area contributed by atoms with Gasteiger partial charge in [-0.2, -0.15) is 0 Å². The maximum Gasteiger partial charge on any atom is 0.408 e. The second-order valence-electron chi connectivity index (χ2n) is 9.67. The lowest BCUT2D eigenvalue weighted by molar-refractivity contribution is -0.139. The molecule has 2 aromatic carbocycles. The van der Waals surface area contributed by atoms with Gasteiger partial charge in [-0.05, 0) is 51.3 Å². The second-order valence-corrected chi connectivity index (χ2v) is 9.67.